The highest BCUT2D eigenvalue weighted by molar-refractivity contribution is 6.31. The number of hydrogen-bond acceptors (Lipinski definition) is 4. The predicted molar refractivity (Wildman–Crippen MR) is 99.4 cm³/mol. The minimum Gasteiger partial charge on any atom is -0.350 e. The molecule has 1 heterocycles. The van der Waals surface area contributed by atoms with E-state index in [1.807, 2.05) is 0 Å². The molecule has 0 fully saturated rings. The first-order valence-electron chi connectivity index (χ1n) is 8.27. The van der Waals surface area contributed by atoms with Crippen LogP contribution in [0.2, 0.25) is 5.02 Å². The van der Waals surface area contributed by atoms with Crippen molar-refractivity contribution in [3.63, 3.8) is 0 Å². The van der Waals surface area contributed by atoms with Crippen molar-refractivity contribution < 1.29 is 35.5 Å². The summed E-state index contributed by atoms with van der Waals surface area (Å²) in [6.07, 6.45) is -2.16. The third kappa shape index (κ3) is 4.23. The fourth-order valence-corrected chi connectivity index (χ4v) is 2.86. The van der Waals surface area contributed by atoms with E-state index < -0.39 is 68.6 Å². The quantitative estimate of drug-likeness (QED) is 0.303. The summed E-state index contributed by atoms with van der Waals surface area (Å²) in [6, 6.07) is 0.385. The van der Waals surface area contributed by atoms with Crippen LogP contribution in [0.1, 0.15) is 5.56 Å². The van der Waals surface area contributed by atoms with Gasteiger partial charge in [0, 0.05) is 18.0 Å². The lowest BCUT2D eigenvalue weighted by atomic mass is 10.1. The second kappa shape index (κ2) is 8.49. The Bertz CT molecular complexity index is 1160. The highest BCUT2D eigenvalue weighted by Crippen LogP contribution is 2.38. The number of carbonyl (C=O) groups is 1. The number of alkyl halides is 3. The molecule has 0 unspecified atom stereocenters. The molecule has 6 nitrogen and oxygen atoms in total. The molecule has 1 aromatic heterocycles. The molecule has 0 aliphatic heterocycles. The lowest BCUT2D eigenvalue weighted by molar-refractivity contribution is -0.137. The largest absolute Gasteiger partial charge is 0.417 e. The molecule has 0 spiro atoms. The van der Waals surface area contributed by atoms with E-state index in [0.717, 1.165) is 30.9 Å². The smallest absolute Gasteiger partial charge is 0.350 e. The van der Waals surface area contributed by atoms with Gasteiger partial charge in [-0.05, 0) is 18.2 Å². The Labute approximate surface area is 179 Å². The number of carbonyl (C=O) groups excluding carboxylic acids is 1. The van der Waals surface area contributed by atoms with Crippen molar-refractivity contribution in [2.75, 3.05) is 10.4 Å². The minimum atomic E-state index is -4.95. The molecular weight excluding hydrogens is 471 g/mol. The molecule has 3 N–H and O–H groups in total. The Morgan fingerprint density at radius 1 is 1.00 bits per heavy atom. The molecule has 0 saturated heterocycles. The van der Waals surface area contributed by atoms with Crippen LogP contribution in [0.4, 0.5) is 46.9 Å². The van der Waals surface area contributed by atoms with Crippen LogP contribution in [0.5, 0.6) is 0 Å². The van der Waals surface area contributed by atoms with Crippen molar-refractivity contribution in [3.8, 4) is 11.1 Å². The van der Waals surface area contributed by atoms with E-state index in [9.17, 15) is 35.5 Å². The van der Waals surface area contributed by atoms with E-state index in [-0.39, 0.29) is 5.01 Å². The first-order valence-corrected chi connectivity index (χ1v) is 8.65. The molecule has 0 saturated carbocycles. The number of rotatable bonds is 4. The highest BCUT2D eigenvalue weighted by atomic mass is 35.5. The minimum absolute atomic E-state index is 0.0528. The number of halogens is 8. The monoisotopic (exact) mass is 479 g/mol. The maximum atomic E-state index is 14.6. The number of hydrazine groups is 1. The first kappa shape index (κ1) is 23.1. The lowest BCUT2D eigenvalue weighted by Crippen LogP contribution is -2.41. The molecule has 0 atom stereocenters. The third-order valence-electron chi connectivity index (χ3n) is 4.07. The van der Waals surface area contributed by atoms with Gasteiger partial charge in [-0.15, -0.1) is 0 Å². The lowest BCUT2D eigenvalue weighted by Gasteiger charge is -2.24. The number of nitrogens with zero attached hydrogens (tertiary/aromatic N) is 3. The van der Waals surface area contributed by atoms with E-state index in [1.165, 1.54) is 0 Å². The van der Waals surface area contributed by atoms with E-state index >= 15 is 0 Å². The number of hydrogen-bond donors (Lipinski definition) is 2. The number of amides is 2. The Morgan fingerprint density at radius 2 is 1.56 bits per heavy atom. The van der Waals surface area contributed by atoms with Crippen molar-refractivity contribution in [3.05, 3.63) is 70.8 Å². The molecule has 0 radical (unpaired) electrons. The number of benzene rings is 2. The summed E-state index contributed by atoms with van der Waals surface area (Å²) >= 11 is 5.49. The van der Waals surface area contributed by atoms with Crippen LogP contribution < -0.4 is 16.2 Å². The molecule has 2 aromatic carbocycles. The van der Waals surface area contributed by atoms with Crippen molar-refractivity contribution in [2.24, 2.45) is 5.73 Å². The van der Waals surface area contributed by atoms with Gasteiger partial charge in [0.1, 0.15) is 12.0 Å². The average molecular weight is 480 g/mol. The number of anilines is 2. The highest BCUT2D eigenvalue weighted by Gasteiger charge is 2.35. The van der Waals surface area contributed by atoms with Gasteiger partial charge in [-0.1, -0.05) is 11.6 Å². The maximum absolute atomic E-state index is 14.6. The second-order valence-corrected chi connectivity index (χ2v) is 6.49. The number of nitrogens with two attached hydrogens (primary N) is 1. The molecule has 3 rings (SSSR count). The zero-order chi connectivity index (χ0) is 23.8. The number of nitrogens with one attached hydrogen (secondary N) is 1. The topological polar surface area (TPSA) is 84.1 Å². The van der Waals surface area contributed by atoms with Gasteiger partial charge in [0.25, 0.3) is 0 Å². The standard InChI is InChI=1S/C18H9ClF7N5O/c19-10-2-1-8(3-9(10)18(24,25)26)31(17(27)32)30-16-14(22)12(20)11(13(21)15(16)23)7-4-28-6-29-5-7/h1-6,30H,(H2,27,32). The van der Waals surface area contributed by atoms with Crippen molar-refractivity contribution in [1.82, 2.24) is 9.97 Å². The van der Waals surface area contributed by atoms with Gasteiger partial charge in [-0.2, -0.15) is 13.2 Å². The summed E-state index contributed by atoms with van der Waals surface area (Å²) < 4.78 is 97.5. The van der Waals surface area contributed by atoms with Crippen LogP contribution in [-0.4, -0.2) is 16.0 Å². The normalized spacial score (nSPS) is 11.4. The van der Waals surface area contributed by atoms with Crippen LogP contribution in [0.3, 0.4) is 0 Å². The molecule has 3 aromatic rings. The van der Waals surface area contributed by atoms with E-state index in [0.29, 0.717) is 6.07 Å². The van der Waals surface area contributed by atoms with Crippen molar-refractivity contribution in [1.29, 1.82) is 0 Å². The van der Waals surface area contributed by atoms with E-state index in [2.05, 4.69) is 9.97 Å². The van der Waals surface area contributed by atoms with Gasteiger partial charge in [0.2, 0.25) is 0 Å². The Hall–Kier alpha value is -3.61. The molecule has 0 aliphatic rings. The van der Waals surface area contributed by atoms with Gasteiger partial charge in [0.05, 0.1) is 21.8 Å². The zero-order valence-corrected chi connectivity index (χ0v) is 16.1. The van der Waals surface area contributed by atoms with Gasteiger partial charge in [0.15, 0.2) is 23.3 Å². The molecule has 0 aliphatic carbocycles. The number of primary amides is 1. The van der Waals surface area contributed by atoms with Crippen LogP contribution in [0.15, 0.2) is 36.9 Å². The van der Waals surface area contributed by atoms with Crippen molar-refractivity contribution >= 4 is 29.0 Å². The zero-order valence-electron chi connectivity index (χ0n) is 15.3. The molecule has 0 bridgehead atoms. The van der Waals surface area contributed by atoms with Crippen LogP contribution in [0.25, 0.3) is 11.1 Å². The van der Waals surface area contributed by atoms with E-state index in [1.54, 1.807) is 5.43 Å². The summed E-state index contributed by atoms with van der Waals surface area (Å²) in [5.41, 5.74) is 1.62. The summed E-state index contributed by atoms with van der Waals surface area (Å²) in [4.78, 5) is 18.7. The Kier molecular flexibility index (Phi) is 6.12. The SMILES string of the molecule is NC(=O)N(Nc1c(F)c(F)c(-c2cncnc2)c(F)c1F)c1ccc(Cl)c(C(F)(F)F)c1. The fraction of sp³-hybridized carbons (Fsp3) is 0.0556. The molecular formula is C18H9ClF7N5O. The fourth-order valence-electron chi connectivity index (χ4n) is 2.64. The molecule has 32 heavy (non-hydrogen) atoms. The van der Waals surface area contributed by atoms with Crippen molar-refractivity contribution in [2.45, 2.75) is 6.18 Å². The average Bonchev–Trinajstić information content (AvgIpc) is 2.73. The van der Waals surface area contributed by atoms with Crippen LogP contribution in [0, 0.1) is 23.3 Å². The summed E-state index contributed by atoms with van der Waals surface area (Å²) in [5, 5.41) is -0.688. The second-order valence-electron chi connectivity index (χ2n) is 6.08. The van der Waals surface area contributed by atoms with Gasteiger partial charge >= 0.3 is 12.2 Å². The number of aromatic nitrogens is 2. The first-order chi connectivity index (χ1) is 14.9. The van der Waals surface area contributed by atoms with Gasteiger partial charge in [-0.3, -0.25) is 5.43 Å². The Balaban J connectivity index is 2.12. The van der Waals surface area contributed by atoms with Crippen LogP contribution in [-0.2, 0) is 6.18 Å². The number of urea groups is 1. The van der Waals surface area contributed by atoms with Gasteiger partial charge in [-0.25, -0.2) is 37.3 Å². The van der Waals surface area contributed by atoms with E-state index in [4.69, 9.17) is 17.3 Å². The third-order valence-corrected chi connectivity index (χ3v) is 4.40. The molecule has 14 heteroatoms. The predicted octanol–water partition coefficient (Wildman–Crippen LogP) is 5.28. The summed E-state index contributed by atoms with van der Waals surface area (Å²) in [7, 11) is 0. The molecule has 168 valence electrons. The Morgan fingerprint density at radius 3 is 2.06 bits per heavy atom. The summed E-state index contributed by atoms with van der Waals surface area (Å²) in [6.45, 7) is 0. The van der Waals surface area contributed by atoms with Crippen LogP contribution >= 0.6 is 11.6 Å². The summed E-state index contributed by atoms with van der Waals surface area (Å²) in [5.74, 6) is -7.73. The molecule has 2 amide bonds. The van der Waals surface area contributed by atoms with Gasteiger partial charge < -0.3 is 5.73 Å². The maximum Gasteiger partial charge on any atom is 0.417 e.